The maximum absolute atomic E-state index is 12.1. The van der Waals surface area contributed by atoms with Crippen molar-refractivity contribution in [2.75, 3.05) is 38.5 Å². The Balaban J connectivity index is 1.68. The monoisotopic (exact) mass is 341 g/mol. The van der Waals surface area contributed by atoms with E-state index in [1.165, 1.54) is 0 Å². The summed E-state index contributed by atoms with van der Waals surface area (Å²) in [7, 11) is 0. The Hall–Kier alpha value is -1.24. The van der Waals surface area contributed by atoms with Crippen LogP contribution in [0.3, 0.4) is 0 Å². The van der Waals surface area contributed by atoms with Crippen LogP contribution in [0, 0.1) is 0 Å². The van der Waals surface area contributed by atoms with E-state index in [0.29, 0.717) is 31.9 Å². The van der Waals surface area contributed by atoms with E-state index in [9.17, 15) is 9.59 Å². The zero-order valence-corrected chi connectivity index (χ0v) is 13.9. The molecule has 1 aromatic rings. The Morgan fingerprint density at radius 1 is 1.14 bits per heavy atom. The second-order valence-electron chi connectivity index (χ2n) is 5.24. The fraction of sp³-hybridized carbons (Fsp3) is 0.467. The highest BCUT2D eigenvalue weighted by atomic mass is 35.5. The quantitative estimate of drug-likeness (QED) is 0.844. The Labute approximate surface area is 139 Å². The number of hydrogen-bond donors (Lipinski definition) is 1. The number of rotatable bonds is 6. The molecule has 22 heavy (non-hydrogen) atoms. The van der Waals surface area contributed by atoms with Gasteiger partial charge >= 0.3 is 0 Å². The van der Waals surface area contributed by atoms with Crippen molar-refractivity contribution in [3.8, 4) is 0 Å². The summed E-state index contributed by atoms with van der Waals surface area (Å²) in [6.07, 6.45) is 0. The van der Waals surface area contributed by atoms with Crippen molar-refractivity contribution in [2.24, 2.45) is 5.73 Å². The molecule has 0 radical (unpaired) electrons. The third-order valence-electron chi connectivity index (χ3n) is 3.51. The number of carbonyl (C=O) groups excluding carboxylic acids is 2. The number of amides is 2. The third-order valence-corrected chi connectivity index (χ3v) is 4.75. The van der Waals surface area contributed by atoms with Gasteiger partial charge in [0.05, 0.1) is 12.3 Å². The predicted molar refractivity (Wildman–Crippen MR) is 89.8 cm³/mol. The topological polar surface area (TPSA) is 66.6 Å². The molecule has 0 aliphatic carbocycles. The third kappa shape index (κ3) is 5.51. The number of primary amides is 1. The number of hydrogen-bond acceptors (Lipinski definition) is 4. The lowest BCUT2D eigenvalue weighted by Gasteiger charge is -2.34. The molecule has 0 aromatic heterocycles. The molecule has 2 N–H and O–H groups in total. The highest BCUT2D eigenvalue weighted by Gasteiger charge is 2.21. The Morgan fingerprint density at radius 2 is 1.77 bits per heavy atom. The summed E-state index contributed by atoms with van der Waals surface area (Å²) in [4.78, 5) is 26.8. The van der Waals surface area contributed by atoms with Crippen LogP contribution in [0.2, 0.25) is 5.02 Å². The molecule has 120 valence electrons. The molecule has 0 unspecified atom stereocenters. The molecule has 1 fully saturated rings. The van der Waals surface area contributed by atoms with Crippen molar-refractivity contribution in [3.05, 3.63) is 34.9 Å². The van der Waals surface area contributed by atoms with Crippen molar-refractivity contribution in [1.82, 2.24) is 9.80 Å². The van der Waals surface area contributed by atoms with Crippen LogP contribution in [0.5, 0.6) is 0 Å². The molecule has 5 nitrogen and oxygen atoms in total. The Bertz CT molecular complexity index is 516. The van der Waals surface area contributed by atoms with E-state index >= 15 is 0 Å². The summed E-state index contributed by atoms with van der Waals surface area (Å²) in [6, 6.07) is 7.67. The van der Waals surface area contributed by atoms with Gasteiger partial charge in [0.1, 0.15) is 0 Å². The van der Waals surface area contributed by atoms with E-state index in [2.05, 4.69) is 0 Å². The Kier molecular flexibility index (Phi) is 6.54. The fourth-order valence-electron chi connectivity index (χ4n) is 2.30. The molecule has 0 saturated carbocycles. The van der Waals surface area contributed by atoms with Crippen molar-refractivity contribution in [2.45, 2.75) is 5.75 Å². The van der Waals surface area contributed by atoms with Gasteiger partial charge in [-0.05, 0) is 17.7 Å². The lowest BCUT2D eigenvalue weighted by atomic mass is 10.2. The van der Waals surface area contributed by atoms with Crippen LogP contribution in [-0.2, 0) is 15.3 Å². The lowest BCUT2D eigenvalue weighted by Crippen LogP contribution is -2.51. The molecule has 0 bridgehead atoms. The Morgan fingerprint density at radius 3 is 2.36 bits per heavy atom. The van der Waals surface area contributed by atoms with Gasteiger partial charge in [0, 0.05) is 37.0 Å². The van der Waals surface area contributed by atoms with Crippen LogP contribution < -0.4 is 5.73 Å². The summed E-state index contributed by atoms with van der Waals surface area (Å²) in [6.45, 7) is 3.00. The van der Waals surface area contributed by atoms with E-state index in [4.69, 9.17) is 17.3 Å². The van der Waals surface area contributed by atoms with Gasteiger partial charge in [-0.25, -0.2) is 0 Å². The molecule has 1 saturated heterocycles. The van der Waals surface area contributed by atoms with Crippen LogP contribution in [-0.4, -0.2) is 60.1 Å². The number of nitrogens with zero attached hydrogens (tertiary/aromatic N) is 2. The van der Waals surface area contributed by atoms with E-state index in [1.807, 2.05) is 34.1 Å². The molecule has 1 aliphatic rings. The standard InChI is InChI=1S/C15H20ClN3O2S/c16-13-3-1-12(2-4-13)10-22-11-15(21)19-7-5-18(6-8-19)9-14(17)20/h1-4H,5-11H2,(H2,17,20). The summed E-state index contributed by atoms with van der Waals surface area (Å²) < 4.78 is 0. The predicted octanol–water partition coefficient (Wildman–Crippen LogP) is 1.20. The van der Waals surface area contributed by atoms with E-state index in [0.717, 1.165) is 16.3 Å². The van der Waals surface area contributed by atoms with Crippen LogP contribution in [0.1, 0.15) is 5.56 Å². The van der Waals surface area contributed by atoms with Gasteiger partial charge in [0.2, 0.25) is 11.8 Å². The average Bonchev–Trinajstić information content (AvgIpc) is 2.49. The molecule has 1 aliphatic heterocycles. The smallest absolute Gasteiger partial charge is 0.232 e. The number of nitrogens with two attached hydrogens (primary N) is 1. The van der Waals surface area contributed by atoms with Gasteiger partial charge in [-0.15, -0.1) is 11.8 Å². The molecular formula is C15H20ClN3O2S. The van der Waals surface area contributed by atoms with Crippen molar-refractivity contribution in [1.29, 1.82) is 0 Å². The molecule has 1 heterocycles. The van der Waals surface area contributed by atoms with Crippen LogP contribution in [0.25, 0.3) is 0 Å². The average molecular weight is 342 g/mol. The summed E-state index contributed by atoms with van der Waals surface area (Å²) >= 11 is 7.44. The number of halogens is 1. The van der Waals surface area contributed by atoms with Crippen LogP contribution in [0.15, 0.2) is 24.3 Å². The second-order valence-corrected chi connectivity index (χ2v) is 6.66. The normalized spacial score (nSPS) is 15.8. The fourth-order valence-corrected chi connectivity index (χ4v) is 3.32. The van der Waals surface area contributed by atoms with Gasteiger partial charge in [-0.2, -0.15) is 0 Å². The SMILES string of the molecule is NC(=O)CN1CCN(C(=O)CSCc2ccc(Cl)cc2)CC1. The van der Waals surface area contributed by atoms with Gasteiger partial charge in [-0.1, -0.05) is 23.7 Å². The molecule has 0 spiro atoms. The first-order valence-electron chi connectivity index (χ1n) is 7.15. The van der Waals surface area contributed by atoms with E-state index in [-0.39, 0.29) is 18.4 Å². The first-order chi connectivity index (χ1) is 10.5. The number of piperazine rings is 1. The van der Waals surface area contributed by atoms with Crippen molar-refractivity contribution >= 4 is 35.2 Å². The van der Waals surface area contributed by atoms with Gasteiger partial charge in [0.15, 0.2) is 0 Å². The summed E-state index contributed by atoms with van der Waals surface area (Å²) in [5, 5.41) is 0.721. The van der Waals surface area contributed by atoms with Gasteiger partial charge in [0.25, 0.3) is 0 Å². The number of benzene rings is 1. The number of carbonyl (C=O) groups is 2. The molecule has 1 aromatic carbocycles. The maximum Gasteiger partial charge on any atom is 0.232 e. The van der Waals surface area contributed by atoms with Crippen molar-refractivity contribution < 1.29 is 9.59 Å². The molecule has 7 heteroatoms. The highest BCUT2D eigenvalue weighted by Crippen LogP contribution is 2.16. The summed E-state index contributed by atoms with van der Waals surface area (Å²) in [5.74, 6) is 1.10. The molecule has 2 rings (SSSR count). The maximum atomic E-state index is 12.1. The lowest BCUT2D eigenvalue weighted by molar-refractivity contribution is -0.130. The largest absolute Gasteiger partial charge is 0.369 e. The minimum absolute atomic E-state index is 0.151. The zero-order chi connectivity index (χ0) is 15.9. The molecule has 2 amide bonds. The first-order valence-corrected chi connectivity index (χ1v) is 8.68. The minimum atomic E-state index is -0.321. The van der Waals surface area contributed by atoms with Crippen LogP contribution >= 0.6 is 23.4 Å². The van der Waals surface area contributed by atoms with E-state index in [1.54, 1.807) is 11.8 Å². The highest BCUT2D eigenvalue weighted by molar-refractivity contribution is 7.99. The first kappa shape index (κ1) is 17.1. The summed E-state index contributed by atoms with van der Waals surface area (Å²) in [5.41, 5.74) is 6.34. The van der Waals surface area contributed by atoms with Gasteiger partial charge < -0.3 is 10.6 Å². The zero-order valence-electron chi connectivity index (χ0n) is 12.3. The van der Waals surface area contributed by atoms with E-state index < -0.39 is 0 Å². The number of thioether (sulfide) groups is 1. The van der Waals surface area contributed by atoms with Crippen LogP contribution in [0.4, 0.5) is 0 Å². The van der Waals surface area contributed by atoms with Crippen molar-refractivity contribution in [3.63, 3.8) is 0 Å². The molecular weight excluding hydrogens is 322 g/mol. The molecule has 0 atom stereocenters. The minimum Gasteiger partial charge on any atom is -0.369 e. The second kappa shape index (κ2) is 8.41. The van der Waals surface area contributed by atoms with Gasteiger partial charge in [-0.3, -0.25) is 14.5 Å².